The average Bonchev–Trinajstić information content (AvgIpc) is 2.77. The summed E-state index contributed by atoms with van der Waals surface area (Å²) in [7, 11) is 0. The van der Waals surface area contributed by atoms with Crippen LogP contribution in [0, 0.1) is 0 Å². The summed E-state index contributed by atoms with van der Waals surface area (Å²) in [6, 6.07) is 8.38. The van der Waals surface area contributed by atoms with Gasteiger partial charge in [0.15, 0.2) is 0 Å². The van der Waals surface area contributed by atoms with Crippen molar-refractivity contribution in [2.24, 2.45) is 0 Å². The zero-order valence-corrected chi connectivity index (χ0v) is 20.1. The van der Waals surface area contributed by atoms with E-state index in [1.807, 2.05) is 26.8 Å². The third-order valence-electron chi connectivity index (χ3n) is 5.60. The van der Waals surface area contributed by atoms with Gasteiger partial charge in [-0.2, -0.15) is 0 Å². The van der Waals surface area contributed by atoms with Gasteiger partial charge < -0.3 is 20.3 Å². The van der Waals surface area contributed by atoms with E-state index in [1.54, 1.807) is 0 Å². The Bertz CT molecular complexity index is 892. The first-order chi connectivity index (χ1) is 15.4. The van der Waals surface area contributed by atoms with Crippen LogP contribution in [0.1, 0.15) is 75.6 Å². The topological polar surface area (TPSA) is 78.8 Å². The molecule has 176 valence electrons. The number of nitrogens with one attached hydrogen (secondary N) is 1. The van der Waals surface area contributed by atoms with E-state index in [4.69, 9.17) is 4.74 Å². The van der Waals surface area contributed by atoms with Gasteiger partial charge >= 0.3 is 5.97 Å². The third kappa shape index (κ3) is 6.99. The SMILES string of the molecule is CCCc1cc(CNCCCC(=O)OCC)cc(-c2cc(CC)c(O)c(CCC)c2O)c1. The van der Waals surface area contributed by atoms with Gasteiger partial charge in [0.2, 0.25) is 0 Å². The van der Waals surface area contributed by atoms with Crippen LogP contribution < -0.4 is 5.32 Å². The first-order valence-corrected chi connectivity index (χ1v) is 12.0. The predicted octanol–water partition coefficient (Wildman–Crippen LogP) is 5.67. The number of phenolic OH excluding ortho intramolecular Hbond substituents is 2. The van der Waals surface area contributed by atoms with Crippen LogP contribution in [0.3, 0.4) is 0 Å². The largest absolute Gasteiger partial charge is 0.507 e. The Hall–Kier alpha value is -2.53. The molecule has 0 spiro atoms. The quantitative estimate of drug-likeness (QED) is 0.276. The standard InChI is InChI=1S/C27H39NO4/c1-5-10-19-14-20(18-28-13-9-12-25(29)32-8-4)16-22(15-19)24-17-21(7-3)26(30)23(11-6-2)27(24)31/h14-17,28,30-31H,5-13,18H2,1-4H3. The Balaban J connectivity index is 2.28. The van der Waals surface area contributed by atoms with Crippen molar-refractivity contribution in [3.63, 3.8) is 0 Å². The van der Waals surface area contributed by atoms with E-state index < -0.39 is 0 Å². The molecule has 2 aromatic rings. The lowest BCUT2D eigenvalue weighted by molar-refractivity contribution is -0.143. The maximum atomic E-state index is 11.5. The molecule has 0 bridgehead atoms. The number of aromatic hydroxyl groups is 2. The van der Waals surface area contributed by atoms with Gasteiger partial charge in [-0.05, 0) is 73.5 Å². The van der Waals surface area contributed by atoms with E-state index in [1.165, 1.54) is 5.56 Å². The fraction of sp³-hybridized carbons (Fsp3) is 0.519. The molecule has 3 N–H and O–H groups in total. The number of carbonyl (C=O) groups excluding carboxylic acids is 1. The summed E-state index contributed by atoms with van der Waals surface area (Å²) < 4.78 is 4.97. The minimum atomic E-state index is -0.154. The van der Waals surface area contributed by atoms with Gasteiger partial charge in [-0.15, -0.1) is 0 Å². The molecule has 2 aromatic carbocycles. The summed E-state index contributed by atoms with van der Waals surface area (Å²) in [4.78, 5) is 11.5. The van der Waals surface area contributed by atoms with Crippen LogP contribution in [0.4, 0.5) is 0 Å². The summed E-state index contributed by atoms with van der Waals surface area (Å²) in [5.74, 6) is 0.256. The molecule has 0 saturated carbocycles. The van der Waals surface area contributed by atoms with Crippen molar-refractivity contribution in [2.75, 3.05) is 13.2 Å². The molecular formula is C27H39NO4. The number of hydrogen-bond donors (Lipinski definition) is 3. The molecule has 0 amide bonds. The van der Waals surface area contributed by atoms with Crippen LogP contribution >= 0.6 is 0 Å². The van der Waals surface area contributed by atoms with Gasteiger partial charge in [-0.3, -0.25) is 4.79 Å². The maximum Gasteiger partial charge on any atom is 0.305 e. The van der Waals surface area contributed by atoms with Gasteiger partial charge in [-0.1, -0.05) is 45.7 Å². The van der Waals surface area contributed by atoms with Crippen molar-refractivity contribution in [1.29, 1.82) is 0 Å². The van der Waals surface area contributed by atoms with Crippen molar-refractivity contribution < 1.29 is 19.7 Å². The first kappa shape index (κ1) is 25.7. The number of benzene rings is 2. The molecule has 5 heteroatoms. The lowest BCUT2D eigenvalue weighted by Crippen LogP contribution is -2.16. The number of rotatable bonds is 13. The Morgan fingerprint density at radius 2 is 1.66 bits per heavy atom. The molecule has 0 radical (unpaired) electrons. The van der Waals surface area contributed by atoms with Crippen LogP contribution in [0.15, 0.2) is 24.3 Å². The van der Waals surface area contributed by atoms with Crippen molar-refractivity contribution in [3.05, 3.63) is 46.5 Å². The fourth-order valence-electron chi connectivity index (χ4n) is 4.03. The molecule has 0 aliphatic heterocycles. The molecule has 5 nitrogen and oxygen atoms in total. The van der Waals surface area contributed by atoms with E-state index in [2.05, 4.69) is 30.4 Å². The molecule has 0 saturated heterocycles. The molecule has 0 unspecified atom stereocenters. The Kier molecular flexibility index (Phi) is 10.5. The number of hydrogen-bond acceptors (Lipinski definition) is 5. The zero-order chi connectivity index (χ0) is 23.5. The molecule has 0 aromatic heterocycles. The number of aryl methyl sites for hydroxylation is 2. The first-order valence-electron chi connectivity index (χ1n) is 12.0. The second-order valence-electron chi connectivity index (χ2n) is 8.24. The second-order valence-corrected chi connectivity index (χ2v) is 8.24. The summed E-state index contributed by atoms with van der Waals surface area (Å²) >= 11 is 0. The van der Waals surface area contributed by atoms with Crippen LogP contribution in [-0.2, 0) is 35.3 Å². The molecule has 0 heterocycles. The van der Waals surface area contributed by atoms with Gasteiger partial charge in [0.25, 0.3) is 0 Å². The highest BCUT2D eigenvalue weighted by atomic mass is 16.5. The van der Waals surface area contributed by atoms with Crippen LogP contribution in [0.25, 0.3) is 11.1 Å². The van der Waals surface area contributed by atoms with Gasteiger partial charge in [0.1, 0.15) is 11.5 Å². The summed E-state index contributed by atoms with van der Waals surface area (Å²) in [6.07, 6.45) is 5.36. The fourth-order valence-corrected chi connectivity index (χ4v) is 4.03. The summed E-state index contributed by atoms with van der Waals surface area (Å²) in [5, 5.41) is 25.0. The second kappa shape index (κ2) is 13.1. The monoisotopic (exact) mass is 441 g/mol. The minimum Gasteiger partial charge on any atom is -0.507 e. The maximum absolute atomic E-state index is 11.5. The predicted molar refractivity (Wildman–Crippen MR) is 130 cm³/mol. The van der Waals surface area contributed by atoms with Crippen molar-refractivity contribution in [3.8, 4) is 22.6 Å². The molecule has 32 heavy (non-hydrogen) atoms. The van der Waals surface area contributed by atoms with Gasteiger partial charge in [-0.25, -0.2) is 0 Å². The lowest BCUT2D eigenvalue weighted by Gasteiger charge is -2.17. The van der Waals surface area contributed by atoms with Crippen molar-refractivity contribution in [1.82, 2.24) is 5.32 Å². The Morgan fingerprint density at radius 3 is 2.31 bits per heavy atom. The minimum absolute atomic E-state index is 0.154. The molecule has 0 fully saturated rings. The van der Waals surface area contributed by atoms with E-state index in [0.29, 0.717) is 38.0 Å². The highest BCUT2D eigenvalue weighted by Gasteiger charge is 2.18. The van der Waals surface area contributed by atoms with E-state index in [0.717, 1.165) is 54.5 Å². The number of esters is 1. The molecular weight excluding hydrogens is 402 g/mol. The van der Waals surface area contributed by atoms with Gasteiger partial charge in [0.05, 0.1) is 6.61 Å². The lowest BCUT2D eigenvalue weighted by atomic mass is 9.91. The number of ether oxygens (including phenoxy) is 1. The van der Waals surface area contributed by atoms with E-state index in [9.17, 15) is 15.0 Å². The zero-order valence-electron chi connectivity index (χ0n) is 20.1. The molecule has 0 aliphatic carbocycles. The third-order valence-corrected chi connectivity index (χ3v) is 5.60. The van der Waals surface area contributed by atoms with E-state index in [-0.39, 0.29) is 17.5 Å². The molecule has 0 atom stereocenters. The number of phenols is 2. The van der Waals surface area contributed by atoms with E-state index >= 15 is 0 Å². The van der Waals surface area contributed by atoms with Crippen LogP contribution in [0.5, 0.6) is 11.5 Å². The van der Waals surface area contributed by atoms with Crippen molar-refractivity contribution in [2.45, 2.75) is 79.2 Å². The smallest absolute Gasteiger partial charge is 0.305 e. The van der Waals surface area contributed by atoms with Crippen molar-refractivity contribution >= 4 is 5.97 Å². The average molecular weight is 442 g/mol. The highest BCUT2D eigenvalue weighted by Crippen LogP contribution is 2.41. The van der Waals surface area contributed by atoms with Crippen LogP contribution in [-0.4, -0.2) is 29.3 Å². The highest BCUT2D eigenvalue weighted by molar-refractivity contribution is 5.76. The molecule has 0 aliphatic rings. The van der Waals surface area contributed by atoms with Gasteiger partial charge in [0, 0.05) is 24.1 Å². The Morgan fingerprint density at radius 1 is 0.938 bits per heavy atom. The Labute approximate surface area is 192 Å². The van der Waals surface area contributed by atoms with Crippen LogP contribution in [0.2, 0.25) is 0 Å². The normalized spacial score (nSPS) is 11.0. The number of carbonyl (C=O) groups is 1. The summed E-state index contributed by atoms with van der Waals surface area (Å²) in [5.41, 5.74) is 5.64. The molecule has 2 rings (SSSR count). The summed E-state index contributed by atoms with van der Waals surface area (Å²) in [6.45, 7) is 9.88.